The van der Waals surface area contributed by atoms with E-state index in [1.807, 2.05) is 88.7 Å². The lowest BCUT2D eigenvalue weighted by atomic mass is 9.93. The van der Waals surface area contributed by atoms with E-state index < -0.39 is 12.0 Å². The van der Waals surface area contributed by atoms with Gasteiger partial charge in [-0.15, -0.1) is 0 Å². The van der Waals surface area contributed by atoms with Crippen molar-refractivity contribution in [2.24, 2.45) is 0 Å². The number of nitrogens with zero attached hydrogens (tertiary/aromatic N) is 3. The highest BCUT2D eigenvalue weighted by Gasteiger charge is 2.25. The minimum absolute atomic E-state index is 0.102. The van der Waals surface area contributed by atoms with Crippen LogP contribution in [0.3, 0.4) is 0 Å². The molecule has 1 aliphatic rings. The standard InChI is InChI=1S/C41H42N4O5/c1-28-11-6-19-38(29(28)2)50-22-10-20-39(46)45-21-9-17-35-34(16-8-18-37(35)45)33-25-42-44(27-33)26-30-12-7-15-32(23-30)41(49)43-36(24-40(47)48)31-13-4-3-5-14-31/h3-8,11-16,18-19,23,25,27,36H,9-10,17,20-22,24,26H2,1-2H3,(H,43,49)(H,47,48). The number of amides is 2. The van der Waals surface area contributed by atoms with Gasteiger partial charge in [-0.1, -0.05) is 66.7 Å². The van der Waals surface area contributed by atoms with E-state index in [-0.39, 0.29) is 18.2 Å². The van der Waals surface area contributed by atoms with E-state index in [1.54, 1.807) is 12.1 Å². The van der Waals surface area contributed by atoms with Crippen molar-refractivity contribution in [3.63, 3.8) is 0 Å². The minimum atomic E-state index is -0.990. The molecule has 0 fully saturated rings. The number of aromatic nitrogens is 2. The highest BCUT2D eigenvalue weighted by atomic mass is 16.5. The number of benzene rings is 4. The molecule has 256 valence electrons. The molecular formula is C41H42N4O5. The first-order chi connectivity index (χ1) is 24.3. The normalized spacial score (nSPS) is 13.0. The third-order valence-electron chi connectivity index (χ3n) is 9.26. The fourth-order valence-electron chi connectivity index (χ4n) is 6.52. The second-order valence-electron chi connectivity index (χ2n) is 12.8. The first-order valence-electron chi connectivity index (χ1n) is 17.1. The average Bonchev–Trinajstić information content (AvgIpc) is 3.59. The van der Waals surface area contributed by atoms with Crippen LogP contribution in [0.2, 0.25) is 0 Å². The van der Waals surface area contributed by atoms with E-state index in [0.29, 0.717) is 38.1 Å². The Labute approximate surface area is 292 Å². The molecular weight excluding hydrogens is 628 g/mol. The van der Waals surface area contributed by atoms with Crippen molar-refractivity contribution in [3.8, 4) is 16.9 Å². The molecule has 0 aliphatic carbocycles. The number of anilines is 1. The lowest BCUT2D eigenvalue weighted by Gasteiger charge is -2.31. The molecule has 5 aromatic rings. The maximum Gasteiger partial charge on any atom is 0.305 e. The zero-order valence-electron chi connectivity index (χ0n) is 28.5. The zero-order valence-corrected chi connectivity index (χ0v) is 28.5. The van der Waals surface area contributed by atoms with Gasteiger partial charge in [0.25, 0.3) is 5.91 Å². The van der Waals surface area contributed by atoms with Crippen molar-refractivity contribution < 1.29 is 24.2 Å². The second kappa shape index (κ2) is 15.7. The summed E-state index contributed by atoms with van der Waals surface area (Å²) in [5.41, 5.74) is 8.50. The molecule has 1 aliphatic heterocycles. The van der Waals surface area contributed by atoms with Crippen molar-refractivity contribution in [1.29, 1.82) is 0 Å². The highest BCUT2D eigenvalue weighted by molar-refractivity contribution is 5.96. The summed E-state index contributed by atoms with van der Waals surface area (Å²) in [5.74, 6) is -0.359. The van der Waals surface area contributed by atoms with Gasteiger partial charge < -0.3 is 20.1 Å². The molecule has 0 saturated heterocycles. The van der Waals surface area contributed by atoms with Gasteiger partial charge in [-0.05, 0) is 90.8 Å². The Bertz CT molecular complexity index is 1990. The molecule has 1 unspecified atom stereocenters. The number of hydrogen-bond acceptors (Lipinski definition) is 5. The van der Waals surface area contributed by atoms with E-state index in [1.165, 1.54) is 5.56 Å². The largest absolute Gasteiger partial charge is 0.493 e. The van der Waals surface area contributed by atoms with Crippen molar-refractivity contribution in [1.82, 2.24) is 15.1 Å². The number of aryl methyl sites for hydroxylation is 1. The summed E-state index contributed by atoms with van der Waals surface area (Å²) in [5, 5.41) is 16.9. The molecule has 9 heteroatoms. The van der Waals surface area contributed by atoms with E-state index in [0.717, 1.165) is 57.7 Å². The summed E-state index contributed by atoms with van der Waals surface area (Å²) in [6.07, 6.45) is 6.43. The van der Waals surface area contributed by atoms with Crippen LogP contribution in [0.15, 0.2) is 103 Å². The lowest BCUT2D eigenvalue weighted by Crippen LogP contribution is -2.35. The Morgan fingerprint density at radius 2 is 1.76 bits per heavy atom. The van der Waals surface area contributed by atoms with Crippen LogP contribution in [0.1, 0.15) is 69.9 Å². The fourth-order valence-corrected chi connectivity index (χ4v) is 6.52. The number of carboxylic acids is 1. The Kier molecular flexibility index (Phi) is 10.7. The number of fused-ring (bicyclic) bond motifs is 1. The van der Waals surface area contributed by atoms with E-state index >= 15 is 0 Å². The van der Waals surface area contributed by atoms with Gasteiger partial charge in [0.2, 0.25) is 5.91 Å². The molecule has 9 nitrogen and oxygen atoms in total. The van der Waals surface area contributed by atoms with Crippen LogP contribution < -0.4 is 15.0 Å². The lowest BCUT2D eigenvalue weighted by molar-refractivity contribution is -0.137. The molecule has 0 spiro atoms. The summed E-state index contributed by atoms with van der Waals surface area (Å²) in [6.45, 7) is 5.75. The van der Waals surface area contributed by atoms with Crippen LogP contribution in [0.5, 0.6) is 5.75 Å². The van der Waals surface area contributed by atoms with E-state index in [9.17, 15) is 19.5 Å². The predicted molar refractivity (Wildman–Crippen MR) is 193 cm³/mol. The third kappa shape index (κ3) is 8.11. The summed E-state index contributed by atoms with van der Waals surface area (Å²) in [7, 11) is 0. The van der Waals surface area contributed by atoms with Crippen LogP contribution in [0.4, 0.5) is 5.69 Å². The van der Waals surface area contributed by atoms with Crippen LogP contribution in [0.25, 0.3) is 11.1 Å². The van der Waals surface area contributed by atoms with Gasteiger partial charge in [-0.2, -0.15) is 5.10 Å². The molecule has 2 amide bonds. The molecule has 4 aromatic carbocycles. The maximum absolute atomic E-state index is 13.4. The van der Waals surface area contributed by atoms with Gasteiger partial charge in [0.1, 0.15) is 5.75 Å². The monoisotopic (exact) mass is 670 g/mol. The molecule has 0 radical (unpaired) electrons. The SMILES string of the molecule is Cc1cccc(OCCCC(=O)N2CCCc3c(-c4cnn(Cc5cccc(C(=O)NC(CC(=O)O)c6ccccc6)c5)c4)cccc32)c1C. The number of aliphatic carboxylic acids is 1. The molecule has 2 N–H and O–H groups in total. The van der Waals surface area contributed by atoms with Gasteiger partial charge in [0.05, 0.1) is 31.8 Å². The number of ether oxygens (including phenoxy) is 1. The Morgan fingerprint density at radius 1 is 0.960 bits per heavy atom. The molecule has 0 bridgehead atoms. The Morgan fingerprint density at radius 3 is 2.58 bits per heavy atom. The fraction of sp³-hybridized carbons (Fsp3) is 0.268. The van der Waals surface area contributed by atoms with Gasteiger partial charge >= 0.3 is 5.97 Å². The first-order valence-corrected chi connectivity index (χ1v) is 17.1. The Balaban J connectivity index is 1.10. The summed E-state index contributed by atoms with van der Waals surface area (Å²) in [4.78, 5) is 40.0. The van der Waals surface area contributed by atoms with Gasteiger partial charge in [0, 0.05) is 36.0 Å². The summed E-state index contributed by atoms with van der Waals surface area (Å²) >= 11 is 0. The number of hydrogen-bond donors (Lipinski definition) is 2. The van der Waals surface area contributed by atoms with Crippen molar-refractivity contribution in [2.75, 3.05) is 18.1 Å². The molecule has 50 heavy (non-hydrogen) atoms. The second-order valence-corrected chi connectivity index (χ2v) is 12.8. The van der Waals surface area contributed by atoms with Gasteiger partial charge in [-0.25, -0.2) is 0 Å². The Hall–Kier alpha value is -5.70. The number of carbonyl (C=O) groups excluding carboxylic acids is 2. The zero-order chi connectivity index (χ0) is 35.0. The topological polar surface area (TPSA) is 114 Å². The molecule has 2 heterocycles. The molecule has 0 saturated carbocycles. The number of nitrogens with one attached hydrogen (secondary N) is 1. The predicted octanol–water partition coefficient (Wildman–Crippen LogP) is 7.30. The van der Waals surface area contributed by atoms with Crippen LogP contribution in [0, 0.1) is 13.8 Å². The van der Waals surface area contributed by atoms with Crippen molar-refractivity contribution in [2.45, 2.75) is 58.5 Å². The van der Waals surface area contributed by atoms with Gasteiger partial charge in [0.15, 0.2) is 0 Å². The third-order valence-corrected chi connectivity index (χ3v) is 9.26. The number of carbonyl (C=O) groups is 3. The highest BCUT2D eigenvalue weighted by Crippen LogP contribution is 2.36. The summed E-state index contributed by atoms with van der Waals surface area (Å²) < 4.78 is 7.83. The van der Waals surface area contributed by atoms with E-state index in [4.69, 9.17) is 4.74 Å². The summed E-state index contributed by atoms with van der Waals surface area (Å²) in [6, 6.07) is 27.9. The smallest absolute Gasteiger partial charge is 0.305 e. The molecule has 1 atom stereocenters. The van der Waals surface area contributed by atoms with Crippen molar-refractivity contribution >= 4 is 23.5 Å². The average molecular weight is 671 g/mol. The van der Waals surface area contributed by atoms with Crippen molar-refractivity contribution in [3.05, 3.63) is 137 Å². The van der Waals surface area contributed by atoms with Gasteiger partial charge in [-0.3, -0.25) is 19.1 Å². The first kappa shape index (κ1) is 34.2. The van der Waals surface area contributed by atoms with E-state index in [2.05, 4.69) is 36.4 Å². The van der Waals surface area contributed by atoms with Crippen LogP contribution in [-0.4, -0.2) is 45.8 Å². The number of rotatable bonds is 13. The van der Waals surface area contributed by atoms with Crippen LogP contribution in [-0.2, 0) is 22.6 Å². The number of carboxylic acid groups (broad SMARTS) is 1. The molecule has 1 aromatic heterocycles. The maximum atomic E-state index is 13.4. The minimum Gasteiger partial charge on any atom is -0.493 e. The quantitative estimate of drug-likeness (QED) is 0.127. The van der Waals surface area contributed by atoms with Crippen LogP contribution >= 0.6 is 0 Å². The molecule has 6 rings (SSSR count).